The molecule has 0 unspecified atom stereocenters. The standard InChI is InChI=1S/C17H21N3O2S/c1-18-16(21)10-15-12-23-17(19-15)14-4-2-13(3-5-14)11-20-6-8-22-9-7-20/h2-5,12H,6-11H2,1H3,(H,18,21). The monoisotopic (exact) mass is 331 g/mol. The average Bonchev–Trinajstić information content (AvgIpc) is 3.05. The second-order valence-corrected chi connectivity index (χ2v) is 6.44. The number of nitrogens with zero attached hydrogens (tertiary/aromatic N) is 2. The summed E-state index contributed by atoms with van der Waals surface area (Å²) in [6, 6.07) is 8.53. The molecule has 0 aliphatic carbocycles. The molecule has 1 aromatic carbocycles. The SMILES string of the molecule is CNC(=O)Cc1csc(-c2ccc(CN3CCOCC3)cc2)n1. The van der Waals surface area contributed by atoms with Crippen LogP contribution in [0.1, 0.15) is 11.3 Å². The van der Waals surface area contributed by atoms with E-state index in [-0.39, 0.29) is 5.91 Å². The number of aromatic nitrogens is 1. The van der Waals surface area contributed by atoms with Crippen molar-refractivity contribution in [2.45, 2.75) is 13.0 Å². The fourth-order valence-electron chi connectivity index (χ4n) is 2.54. The molecule has 1 amide bonds. The van der Waals surface area contributed by atoms with E-state index >= 15 is 0 Å². The molecule has 5 nitrogen and oxygen atoms in total. The van der Waals surface area contributed by atoms with Gasteiger partial charge in [0.25, 0.3) is 0 Å². The Balaban J connectivity index is 1.63. The second kappa shape index (κ2) is 7.68. The quantitative estimate of drug-likeness (QED) is 0.910. The van der Waals surface area contributed by atoms with Gasteiger partial charge in [0, 0.05) is 37.6 Å². The number of rotatable bonds is 5. The van der Waals surface area contributed by atoms with Crippen LogP contribution in [0.2, 0.25) is 0 Å². The molecule has 0 spiro atoms. The number of likely N-dealkylation sites (N-methyl/N-ethyl adjacent to an activating group) is 1. The van der Waals surface area contributed by atoms with Crippen molar-refractivity contribution in [1.29, 1.82) is 0 Å². The van der Waals surface area contributed by atoms with Crippen molar-refractivity contribution in [3.63, 3.8) is 0 Å². The molecular formula is C17H21N3O2S. The number of hydrogen-bond donors (Lipinski definition) is 1. The van der Waals surface area contributed by atoms with Crippen molar-refractivity contribution in [3.05, 3.63) is 40.9 Å². The molecule has 1 fully saturated rings. The van der Waals surface area contributed by atoms with Crippen LogP contribution in [0.25, 0.3) is 10.6 Å². The van der Waals surface area contributed by atoms with Crippen molar-refractivity contribution >= 4 is 17.2 Å². The maximum atomic E-state index is 11.4. The molecule has 122 valence electrons. The molecule has 1 aliphatic rings. The third kappa shape index (κ3) is 4.37. The van der Waals surface area contributed by atoms with Gasteiger partial charge < -0.3 is 10.1 Å². The predicted octanol–water partition coefficient (Wildman–Crippen LogP) is 1.93. The first kappa shape index (κ1) is 16.1. The highest BCUT2D eigenvalue weighted by Crippen LogP contribution is 2.24. The first-order valence-corrected chi connectivity index (χ1v) is 8.67. The zero-order valence-corrected chi connectivity index (χ0v) is 14.1. The predicted molar refractivity (Wildman–Crippen MR) is 91.4 cm³/mol. The third-order valence-corrected chi connectivity index (χ3v) is 4.82. The molecule has 1 aromatic heterocycles. The Morgan fingerprint density at radius 3 is 2.74 bits per heavy atom. The molecule has 6 heteroatoms. The molecule has 0 atom stereocenters. The van der Waals surface area contributed by atoms with E-state index in [2.05, 4.69) is 39.5 Å². The summed E-state index contributed by atoms with van der Waals surface area (Å²) in [6.07, 6.45) is 0.335. The lowest BCUT2D eigenvalue weighted by Gasteiger charge is -2.26. The molecule has 0 saturated carbocycles. The van der Waals surface area contributed by atoms with Crippen molar-refractivity contribution < 1.29 is 9.53 Å². The molecule has 23 heavy (non-hydrogen) atoms. The Kier molecular flexibility index (Phi) is 5.38. The van der Waals surface area contributed by atoms with E-state index in [1.807, 2.05) is 5.38 Å². The lowest BCUT2D eigenvalue weighted by molar-refractivity contribution is -0.120. The van der Waals surface area contributed by atoms with Gasteiger partial charge in [-0.15, -0.1) is 11.3 Å². The number of hydrogen-bond acceptors (Lipinski definition) is 5. The Hall–Kier alpha value is -1.76. The lowest BCUT2D eigenvalue weighted by atomic mass is 10.1. The minimum Gasteiger partial charge on any atom is -0.379 e. The van der Waals surface area contributed by atoms with E-state index in [0.717, 1.165) is 49.1 Å². The zero-order valence-electron chi connectivity index (χ0n) is 13.2. The number of thiazole rings is 1. The number of ether oxygens (including phenoxy) is 1. The minimum atomic E-state index is -0.0114. The van der Waals surface area contributed by atoms with E-state index < -0.39 is 0 Å². The molecule has 1 aliphatic heterocycles. The van der Waals surface area contributed by atoms with Crippen LogP contribution in [0.5, 0.6) is 0 Å². The van der Waals surface area contributed by atoms with Crippen molar-refractivity contribution in [2.75, 3.05) is 33.4 Å². The average molecular weight is 331 g/mol. The maximum Gasteiger partial charge on any atom is 0.225 e. The van der Waals surface area contributed by atoms with Crippen LogP contribution in [0.4, 0.5) is 0 Å². The summed E-state index contributed by atoms with van der Waals surface area (Å²) < 4.78 is 5.38. The third-order valence-electron chi connectivity index (χ3n) is 3.88. The molecule has 1 saturated heterocycles. The summed E-state index contributed by atoms with van der Waals surface area (Å²) in [4.78, 5) is 18.4. The summed E-state index contributed by atoms with van der Waals surface area (Å²) >= 11 is 1.58. The molecule has 0 bridgehead atoms. The van der Waals surface area contributed by atoms with Crippen LogP contribution in [-0.2, 0) is 22.5 Å². The van der Waals surface area contributed by atoms with Gasteiger partial charge in [0.2, 0.25) is 5.91 Å². The van der Waals surface area contributed by atoms with Gasteiger partial charge in [0.15, 0.2) is 0 Å². The molecule has 1 N–H and O–H groups in total. The first-order valence-electron chi connectivity index (χ1n) is 7.79. The molecule has 2 heterocycles. The topological polar surface area (TPSA) is 54.5 Å². The second-order valence-electron chi connectivity index (χ2n) is 5.58. The van der Waals surface area contributed by atoms with Gasteiger partial charge >= 0.3 is 0 Å². The van der Waals surface area contributed by atoms with Gasteiger partial charge in [-0.2, -0.15) is 0 Å². The van der Waals surface area contributed by atoms with Crippen LogP contribution < -0.4 is 5.32 Å². The Bertz CT molecular complexity index is 648. The number of amides is 1. The summed E-state index contributed by atoms with van der Waals surface area (Å²) in [5.41, 5.74) is 3.23. The van der Waals surface area contributed by atoms with Crippen molar-refractivity contribution in [2.24, 2.45) is 0 Å². The highest BCUT2D eigenvalue weighted by Gasteiger charge is 2.11. The van der Waals surface area contributed by atoms with E-state index in [1.165, 1.54) is 5.56 Å². The summed E-state index contributed by atoms with van der Waals surface area (Å²) in [5, 5.41) is 5.53. The number of carbonyl (C=O) groups excluding carboxylic acids is 1. The molecule has 3 rings (SSSR count). The Morgan fingerprint density at radius 2 is 2.04 bits per heavy atom. The Labute approximate surface area is 140 Å². The summed E-state index contributed by atoms with van der Waals surface area (Å²) in [6.45, 7) is 4.61. The van der Waals surface area contributed by atoms with E-state index in [9.17, 15) is 4.79 Å². The largest absolute Gasteiger partial charge is 0.379 e. The Morgan fingerprint density at radius 1 is 1.30 bits per heavy atom. The number of benzene rings is 1. The highest BCUT2D eigenvalue weighted by atomic mass is 32.1. The normalized spacial score (nSPS) is 15.5. The van der Waals surface area contributed by atoms with E-state index in [0.29, 0.717) is 6.42 Å². The van der Waals surface area contributed by atoms with Crippen LogP contribution in [0.15, 0.2) is 29.6 Å². The van der Waals surface area contributed by atoms with E-state index in [1.54, 1.807) is 18.4 Å². The zero-order chi connectivity index (χ0) is 16.1. The number of carbonyl (C=O) groups is 1. The first-order chi connectivity index (χ1) is 11.2. The summed E-state index contributed by atoms with van der Waals surface area (Å²) in [5.74, 6) is -0.0114. The number of morpholine rings is 1. The smallest absolute Gasteiger partial charge is 0.225 e. The van der Waals surface area contributed by atoms with Gasteiger partial charge in [-0.05, 0) is 5.56 Å². The molecule has 2 aromatic rings. The fourth-order valence-corrected chi connectivity index (χ4v) is 3.37. The van der Waals surface area contributed by atoms with Crippen molar-refractivity contribution in [1.82, 2.24) is 15.2 Å². The van der Waals surface area contributed by atoms with Crippen LogP contribution >= 0.6 is 11.3 Å². The minimum absolute atomic E-state index is 0.0114. The summed E-state index contributed by atoms with van der Waals surface area (Å²) in [7, 11) is 1.64. The van der Waals surface area contributed by atoms with Gasteiger partial charge in [-0.25, -0.2) is 4.98 Å². The lowest BCUT2D eigenvalue weighted by Crippen LogP contribution is -2.35. The van der Waals surface area contributed by atoms with E-state index in [4.69, 9.17) is 4.74 Å². The maximum absolute atomic E-state index is 11.4. The fraction of sp³-hybridized carbons (Fsp3) is 0.412. The van der Waals surface area contributed by atoms with Crippen molar-refractivity contribution in [3.8, 4) is 10.6 Å². The van der Waals surface area contributed by atoms with Gasteiger partial charge in [0.1, 0.15) is 5.01 Å². The van der Waals surface area contributed by atoms with Crippen LogP contribution in [0, 0.1) is 0 Å². The molecular weight excluding hydrogens is 310 g/mol. The highest BCUT2D eigenvalue weighted by molar-refractivity contribution is 7.13. The van der Waals surface area contributed by atoms with Crippen LogP contribution in [0.3, 0.4) is 0 Å². The van der Waals surface area contributed by atoms with Gasteiger partial charge in [-0.3, -0.25) is 9.69 Å². The van der Waals surface area contributed by atoms with Gasteiger partial charge in [0.05, 0.1) is 25.3 Å². The van der Waals surface area contributed by atoms with Crippen LogP contribution in [-0.4, -0.2) is 49.1 Å². The van der Waals surface area contributed by atoms with Gasteiger partial charge in [-0.1, -0.05) is 24.3 Å². The molecule has 0 radical (unpaired) electrons. The number of nitrogens with one attached hydrogen (secondary N) is 1.